The van der Waals surface area contributed by atoms with Gasteiger partial charge in [-0.05, 0) is 30.7 Å². The number of aliphatic hydroxyl groups is 1. The molecule has 7 heteroatoms. The monoisotopic (exact) mass is 309 g/mol. The summed E-state index contributed by atoms with van der Waals surface area (Å²) >= 11 is 0. The predicted molar refractivity (Wildman–Crippen MR) is 82.3 cm³/mol. The second-order valence-corrected chi connectivity index (χ2v) is 6.59. The van der Waals surface area contributed by atoms with Gasteiger partial charge in [-0.3, -0.25) is 4.98 Å². The largest absolute Gasteiger partial charge is 0.398 e. The van der Waals surface area contributed by atoms with Crippen molar-refractivity contribution in [1.29, 1.82) is 0 Å². The highest BCUT2D eigenvalue weighted by atomic mass is 32.2. The van der Waals surface area contributed by atoms with Gasteiger partial charge in [0.15, 0.2) is 0 Å². The van der Waals surface area contributed by atoms with Crippen LogP contribution in [0.4, 0.5) is 5.69 Å². The van der Waals surface area contributed by atoms with Crippen LogP contribution in [0, 0.1) is 0 Å². The second-order valence-electron chi connectivity index (χ2n) is 4.68. The molecule has 6 nitrogen and oxygen atoms in total. The van der Waals surface area contributed by atoms with E-state index in [1.54, 1.807) is 18.2 Å². The highest BCUT2D eigenvalue weighted by Crippen LogP contribution is 2.28. The Hall–Kier alpha value is -1.70. The lowest BCUT2D eigenvalue weighted by Gasteiger charge is -2.21. The highest BCUT2D eigenvalue weighted by molar-refractivity contribution is 7.89. The number of nitrogens with two attached hydrogens (primary N) is 1. The smallest absolute Gasteiger partial charge is 0.245 e. The van der Waals surface area contributed by atoms with E-state index in [0.717, 1.165) is 0 Å². The van der Waals surface area contributed by atoms with E-state index in [4.69, 9.17) is 10.8 Å². The van der Waals surface area contributed by atoms with Crippen molar-refractivity contribution >= 4 is 26.6 Å². The van der Waals surface area contributed by atoms with Crippen molar-refractivity contribution in [3.63, 3.8) is 0 Å². The van der Waals surface area contributed by atoms with E-state index < -0.39 is 10.0 Å². The molecule has 0 bridgehead atoms. The molecule has 1 aromatic heterocycles. The molecule has 2 rings (SSSR count). The fourth-order valence-electron chi connectivity index (χ4n) is 2.23. The summed E-state index contributed by atoms with van der Waals surface area (Å²) in [5, 5.41) is 9.70. The van der Waals surface area contributed by atoms with Crippen molar-refractivity contribution in [2.75, 3.05) is 25.4 Å². The maximum absolute atomic E-state index is 12.8. The van der Waals surface area contributed by atoms with E-state index in [0.29, 0.717) is 29.6 Å². The molecule has 114 valence electrons. The zero-order valence-corrected chi connectivity index (χ0v) is 12.7. The SMILES string of the molecule is CCCN(CCO)S(=O)(=O)c1ccc(N)c2cccnc12. The Morgan fingerprint density at radius 1 is 1.29 bits per heavy atom. The van der Waals surface area contributed by atoms with Gasteiger partial charge in [0, 0.05) is 30.4 Å². The van der Waals surface area contributed by atoms with Crippen molar-refractivity contribution in [2.45, 2.75) is 18.2 Å². The van der Waals surface area contributed by atoms with Crippen molar-refractivity contribution in [2.24, 2.45) is 0 Å². The first-order valence-electron chi connectivity index (χ1n) is 6.76. The van der Waals surface area contributed by atoms with E-state index >= 15 is 0 Å². The first kappa shape index (κ1) is 15.7. The van der Waals surface area contributed by atoms with Crippen LogP contribution in [-0.2, 0) is 10.0 Å². The lowest BCUT2D eigenvalue weighted by molar-refractivity contribution is 0.253. The predicted octanol–water partition coefficient (Wildman–Crippen LogP) is 1.21. The summed E-state index contributed by atoms with van der Waals surface area (Å²) in [5.74, 6) is 0. The Balaban J connectivity index is 2.62. The van der Waals surface area contributed by atoms with Crippen LogP contribution < -0.4 is 5.73 Å². The van der Waals surface area contributed by atoms with Crippen LogP contribution in [0.1, 0.15) is 13.3 Å². The second kappa shape index (κ2) is 6.38. The number of aliphatic hydroxyl groups excluding tert-OH is 1. The van der Waals surface area contributed by atoms with Crippen molar-refractivity contribution in [1.82, 2.24) is 9.29 Å². The number of rotatable bonds is 6. The normalized spacial score (nSPS) is 12.1. The van der Waals surface area contributed by atoms with Gasteiger partial charge >= 0.3 is 0 Å². The van der Waals surface area contributed by atoms with Crippen LogP contribution in [-0.4, -0.2) is 42.5 Å². The molecule has 3 N–H and O–H groups in total. The van der Waals surface area contributed by atoms with Gasteiger partial charge in [-0.1, -0.05) is 6.92 Å². The Morgan fingerprint density at radius 2 is 2.05 bits per heavy atom. The molecule has 21 heavy (non-hydrogen) atoms. The van der Waals surface area contributed by atoms with Crippen molar-refractivity contribution in [3.8, 4) is 0 Å². The molecular formula is C14H19N3O3S. The van der Waals surface area contributed by atoms with Crippen LogP contribution in [0.2, 0.25) is 0 Å². The molecule has 1 aromatic carbocycles. The Morgan fingerprint density at radius 3 is 2.71 bits per heavy atom. The summed E-state index contributed by atoms with van der Waals surface area (Å²) in [4.78, 5) is 4.28. The van der Waals surface area contributed by atoms with Gasteiger partial charge in [-0.15, -0.1) is 0 Å². The van der Waals surface area contributed by atoms with Gasteiger partial charge in [0.05, 0.1) is 12.1 Å². The molecule has 0 spiro atoms. The van der Waals surface area contributed by atoms with Gasteiger partial charge < -0.3 is 10.8 Å². The molecule has 0 aliphatic carbocycles. The number of nitrogens with zero attached hydrogens (tertiary/aromatic N) is 2. The van der Waals surface area contributed by atoms with E-state index in [1.807, 2.05) is 6.92 Å². The lowest BCUT2D eigenvalue weighted by Crippen LogP contribution is -2.34. The number of nitrogen functional groups attached to an aromatic ring is 1. The number of benzene rings is 1. The van der Waals surface area contributed by atoms with Crippen molar-refractivity contribution in [3.05, 3.63) is 30.5 Å². The number of sulfonamides is 1. The molecule has 0 fully saturated rings. The summed E-state index contributed by atoms with van der Waals surface area (Å²) < 4.78 is 26.8. The molecule has 2 aromatic rings. The van der Waals surface area contributed by atoms with Crippen LogP contribution >= 0.6 is 0 Å². The zero-order chi connectivity index (χ0) is 15.5. The van der Waals surface area contributed by atoms with Crippen LogP contribution in [0.5, 0.6) is 0 Å². The van der Waals surface area contributed by atoms with Crippen LogP contribution in [0.15, 0.2) is 35.4 Å². The van der Waals surface area contributed by atoms with Gasteiger partial charge in [-0.2, -0.15) is 4.31 Å². The van der Waals surface area contributed by atoms with Crippen molar-refractivity contribution < 1.29 is 13.5 Å². The molecule has 0 amide bonds. The first-order valence-corrected chi connectivity index (χ1v) is 8.20. The molecule has 0 saturated heterocycles. The van der Waals surface area contributed by atoms with E-state index in [2.05, 4.69) is 4.98 Å². The van der Waals surface area contributed by atoms with E-state index in [9.17, 15) is 8.42 Å². The molecule has 0 aliphatic rings. The third-order valence-corrected chi connectivity index (χ3v) is 5.14. The molecule has 1 heterocycles. The fourth-order valence-corrected chi connectivity index (χ4v) is 3.90. The summed E-state index contributed by atoms with van der Waals surface area (Å²) in [5.41, 5.74) is 6.72. The summed E-state index contributed by atoms with van der Waals surface area (Å²) in [6, 6.07) is 6.50. The summed E-state index contributed by atoms with van der Waals surface area (Å²) in [6.07, 6.45) is 2.20. The van der Waals surface area contributed by atoms with E-state index in [-0.39, 0.29) is 18.0 Å². The third-order valence-electron chi connectivity index (χ3n) is 3.21. The quantitative estimate of drug-likeness (QED) is 0.782. The Bertz CT molecular complexity index is 725. The number of aromatic nitrogens is 1. The molecule has 0 radical (unpaired) electrons. The van der Waals surface area contributed by atoms with Gasteiger partial charge in [0.25, 0.3) is 0 Å². The molecular weight excluding hydrogens is 290 g/mol. The minimum Gasteiger partial charge on any atom is -0.398 e. The van der Waals surface area contributed by atoms with Gasteiger partial charge in [-0.25, -0.2) is 8.42 Å². The molecule has 0 saturated carbocycles. The standard InChI is InChI=1S/C14H19N3O3S/c1-2-8-17(9-10-18)21(19,20)13-6-5-12(15)11-4-3-7-16-14(11)13/h3-7,18H,2,8-10,15H2,1H3. The van der Waals surface area contributed by atoms with Crippen LogP contribution in [0.25, 0.3) is 10.9 Å². The third kappa shape index (κ3) is 2.99. The van der Waals surface area contributed by atoms with Gasteiger partial charge in [0.1, 0.15) is 4.90 Å². The van der Waals surface area contributed by atoms with Crippen LogP contribution in [0.3, 0.4) is 0 Å². The minimum atomic E-state index is -3.71. The number of pyridine rings is 1. The molecule has 0 atom stereocenters. The van der Waals surface area contributed by atoms with Gasteiger partial charge in [0.2, 0.25) is 10.0 Å². The Kier molecular flexibility index (Phi) is 4.76. The molecule has 0 aliphatic heterocycles. The molecule has 0 unspecified atom stereocenters. The number of fused-ring (bicyclic) bond motifs is 1. The number of anilines is 1. The number of hydrogen-bond acceptors (Lipinski definition) is 5. The Labute approximate surface area is 124 Å². The average molecular weight is 309 g/mol. The fraction of sp³-hybridized carbons (Fsp3) is 0.357. The maximum atomic E-state index is 12.8. The lowest BCUT2D eigenvalue weighted by atomic mass is 10.2. The maximum Gasteiger partial charge on any atom is 0.245 e. The zero-order valence-electron chi connectivity index (χ0n) is 11.9. The highest BCUT2D eigenvalue weighted by Gasteiger charge is 2.26. The topological polar surface area (TPSA) is 96.5 Å². The minimum absolute atomic E-state index is 0.0644. The number of hydrogen-bond donors (Lipinski definition) is 2. The first-order chi connectivity index (χ1) is 10.0. The summed E-state index contributed by atoms with van der Waals surface area (Å²) in [6.45, 7) is 2.08. The summed E-state index contributed by atoms with van der Waals surface area (Å²) in [7, 11) is -3.71. The van der Waals surface area contributed by atoms with E-state index in [1.165, 1.54) is 16.6 Å². The average Bonchev–Trinajstić information content (AvgIpc) is 2.47.